The lowest BCUT2D eigenvalue weighted by atomic mass is 10.6. The molecule has 0 aliphatic rings. The highest BCUT2D eigenvalue weighted by molar-refractivity contribution is 6.42. The number of aromatic nitrogens is 2. The molecule has 0 spiro atoms. The maximum absolute atomic E-state index is 10.2. The van der Waals surface area contributed by atoms with Gasteiger partial charge < -0.3 is 10.1 Å². The van der Waals surface area contributed by atoms with Crippen LogP contribution >= 0.6 is 34.8 Å². The molecule has 0 atom stereocenters. The minimum atomic E-state index is -0.790. The van der Waals surface area contributed by atoms with Crippen molar-refractivity contribution >= 4 is 40.6 Å². The van der Waals surface area contributed by atoms with E-state index in [9.17, 15) is 10.1 Å². The Kier molecular flexibility index (Phi) is 2.66. The molecule has 1 heterocycles. The molecule has 0 amide bonds. The summed E-state index contributed by atoms with van der Waals surface area (Å²) in [6, 6.07) is 0. The van der Waals surface area contributed by atoms with Gasteiger partial charge in [-0.15, -0.1) is 0 Å². The largest absolute Gasteiger partial charge is 0.388 e. The van der Waals surface area contributed by atoms with Crippen LogP contribution in [0.15, 0.2) is 0 Å². The normalized spacial score (nSPS) is 9.92. The topological polar surface area (TPSA) is 68.9 Å². The van der Waals surface area contributed by atoms with E-state index in [0.717, 1.165) is 0 Å². The molecule has 64 valence electrons. The number of nitrogens with zero attached hydrogens (tertiary/aromatic N) is 3. The van der Waals surface area contributed by atoms with Gasteiger partial charge in [0.1, 0.15) is 0 Å². The maximum atomic E-state index is 10.2. The third-order valence-corrected chi connectivity index (χ3v) is 1.83. The van der Waals surface area contributed by atoms with Crippen molar-refractivity contribution in [3.8, 4) is 0 Å². The predicted octanol–water partition coefficient (Wildman–Crippen LogP) is 2.34. The van der Waals surface area contributed by atoms with Crippen LogP contribution in [-0.2, 0) is 0 Å². The molecule has 0 unspecified atom stereocenters. The fraction of sp³-hybridized carbons (Fsp3) is 0. The van der Waals surface area contributed by atoms with E-state index in [1.54, 1.807) is 0 Å². The highest BCUT2D eigenvalue weighted by Crippen LogP contribution is 2.29. The molecular weight excluding hydrogens is 228 g/mol. The summed E-state index contributed by atoms with van der Waals surface area (Å²) < 4.78 is 0. The van der Waals surface area contributed by atoms with Crippen LogP contribution in [0, 0.1) is 10.1 Å². The van der Waals surface area contributed by atoms with E-state index >= 15 is 0 Å². The van der Waals surface area contributed by atoms with Gasteiger partial charge in [0.05, 0.1) is 0 Å². The first-order valence-electron chi connectivity index (χ1n) is 2.55. The number of rotatable bonds is 1. The number of hydrogen-bond acceptors (Lipinski definition) is 4. The molecule has 1 aromatic rings. The molecule has 0 radical (unpaired) electrons. The van der Waals surface area contributed by atoms with Crippen molar-refractivity contribution in [3.63, 3.8) is 0 Å². The first kappa shape index (κ1) is 9.44. The van der Waals surface area contributed by atoms with Gasteiger partial charge in [-0.2, -0.15) is 4.98 Å². The third kappa shape index (κ3) is 1.74. The van der Waals surface area contributed by atoms with E-state index in [2.05, 4.69) is 9.97 Å². The van der Waals surface area contributed by atoms with Crippen molar-refractivity contribution < 1.29 is 4.92 Å². The van der Waals surface area contributed by atoms with E-state index in [4.69, 9.17) is 34.8 Å². The second-order valence-electron chi connectivity index (χ2n) is 1.68. The molecule has 8 heteroatoms. The lowest BCUT2D eigenvalue weighted by Crippen LogP contribution is -1.96. The Balaban J connectivity index is 3.37. The molecule has 0 bridgehead atoms. The highest BCUT2D eigenvalue weighted by atomic mass is 35.5. The smallest absolute Gasteiger partial charge is 0.358 e. The molecule has 1 aromatic heterocycles. The highest BCUT2D eigenvalue weighted by Gasteiger charge is 2.20. The summed E-state index contributed by atoms with van der Waals surface area (Å²) in [5, 5.41) is 9.38. The summed E-state index contributed by atoms with van der Waals surface area (Å²) in [5.41, 5.74) is 0. The number of hydrogen-bond donors (Lipinski definition) is 0. The molecule has 12 heavy (non-hydrogen) atoms. The average molecular weight is 228 g/mol. The van der Waals surface area contributed by atoms with Crippen LogP contribution in [0.2, 0.25) is 15.5 Å². The van der Waals surface area contributed by atoms with Crippen LogP contribution in [0.5, 0.6) is 0 Å². The van der Waals surface area contributed by atoms with Crippen LogP contribution in [0.25, 0.3) is 0 Å². The van der Waals surface area contributed by atoms with Gasteiger partial charge in [-0.25, -0.2) is 0 Å². The van der Waals surface area contributed by atoms with Gasteiger partial charge in [-0.05, 0) is 21.5 Å². The van der Waals surface area contributed by atoms with E-state index in [-0.39, 0.29) is 15.5 Å². The monoisotopic (exact) mass is 227 g/mol. The van der Waals surface area contributed by atoms with E-state index in [1.807, 2.05) is 0 Å². The predicted molar refractivity (Wildman–Crippen MR) is 43.7 cm³/mol. The molecule has 1 rings (SSSR count). The summed E-state index contributed by atoms with van der Waals surface area (Å²) in [6.07, 6.45) is 0. The van der Waals surface area contributed by atoms with Crippen LogP contribution in [0.4, 0.5) is 5.82 Å². The van der Waals surface area contributed by atoms with Crippen LogP contribution in [0.3, 0.4) is 0 Å². The SMILES string of the molecule is O=[N+]([O-])c1nc(Cl)nc(Cl)c1Cl. The van der Waals surface area contributed by atoms with Crippen molar-refractivity contribution in [2.24, 2.45) is 0 Å². The Morgan fingerprint density at radius 1 is 1.25 bits per heavy atom. The van der Waals surface area contributed by atoms with Gasteiger partial charge in [-0.1, -0.05) is 23.2 Å². The Labute approximate surface area is 81.4 Å². The first-order valence-corrected chi connectivity index (χ1v) is 3.68. The Hall–Kier alpha value is -0.650. The zero-order chi connectivity index (χ0) is 9.30. The fourth-order valence-electron chi connectivity index (χ4n) is 0.505. The van der Waals surface area contributed by atoms with Gasteiger partial charge in [0.15, 0.2) is 10.2 Å². The van der Waals surface area contributed by atoms with Gasteiger partial charge in [0.2, 0.25) is 0 Å². The van der Waals surface area contributed by atoms with Crippen molar-refractivity contribution in [2.75, 3.05) is 0 Å². The Morgan fingerprint density at radius 3 is 2.33 bits per heavy atom. The lowest BCUT2D eigenvalue weighted by Gasteiger charge is -1.95. The van der Waals surface area contributed by atoms with E-state index < -0.39 is 10.7 Å². The standard InChI is InChI=1S/C4Cl3N3O2/c5-1-2(6)8-4(7)9-3(1)10(11)12. The Bertz CT molecular complexity index is 343. The second-order valence-corrected chi connectivity index (χ2v) is 2.75. The van der Waals surface area contributed by atoms with Crippen LogP contribution in [0.1, 0.15) is 0 Å². The van der Waals surface area contributed by atoms with Crippen LogP contribution in [-0.4, -0.2) is 14.9 Å². The first-order chi connectivity index (χ1) is 5.52. The minimum absolute atomic E-state index is 0.233. The van der Waals surface area contributed by atoms with Crippen molar-refractivity contribution in [1.82, 2.24) is 9.97 Å². The van der Waals surface area contributed by atoms with E-state index in [0.29, 0.717) is 0 Å². The van der Waals surface area contributed by atoms with Gasteiger partial charge in [0, 0.05) is 0 Å². The van der Waals surface area contributed by atoms with Crippen LogP contribution < -0.4 is 0 Å². The number of nitro groups is 1. The average Bonchev–Trinajstić information content (AvgIpc) is 1.96. The number of halogens is 3. The second kappa shape index (κ2) is 3.38. The maximum Gasteiger partial charge on any atom is 0.388 e. The molecule has 0 saturated heterocycles. The molecule has 0 aliphatic heterocycles. The zero-order valence-electron chi connectivity index (χ0n) is 5.29. The van der Waals surface area contributed by atoms with Gasteiger partial charge in [-0.3, -0.25) is 0 Å². The zero-order valence-corrected chi connectivity index (χ0v) is 7.56. The van der Waals surface area contributed by atoms with Gasteiger partial charge >= 0.3 is 11.1 Å². The summed E-state index contributed by atoms with van der Waals surface area (Å²) >= 11 is 16.1. The fourth-order valence-corrected chi connectivity index (χ4v) is 1.03. The third-order valence-electron chi connectivity index (χ3n) is 0.939. The summed E-state index contributed by atoms with van der Waals surface area (Å²) in [4.78, 5) is 16.1. The Morgan fingerprint density at radius 2 is 1.83 bits per heavy atom. The summed E-state index contributed by atoms with van der Waals surface area (Å²) in [5.74, 6) is -0.596. The summed E-state index contributed by atoms with van der Waals surface area (Å²) in [7, 11) is 0. The molecular formula is C4Cl3N3O2. The van der Waals surface area contributed by atoms with Gasteiger partial charge in [0.25, 0.3) is 0 Å². The van der Waals surface area contributed by atoms with Crippen molar-refractivity contribution in [2.45, 2.75) is 0 Å². The molecule has 0 fully saturated rings. The molecule has 0 aromatic carbocycles. The minimum Gasteiger partial charge on any atom is -0.358 e. The lowest BCUT2D eigenvalue weighted by molar-refractivity contribution is -0.389. The molecule has 0 saturated carbocycles. The quantitative estimate of drug-likeness (QED) is 0.320. The van der Waals surface area contributed by atoms with E-state index in [1.165, 1.54) is 0 Å². The molecule has 5 nitrogen and oxygen atoms in total. The van der Waals surface area contributed by atoms with Crippen molar-refractivity contribution in [3.05, 3.63) is 25.6 Å². The molecule has 0 aliphatic carbocycles. The molecule has 0 N–H and O–H groups in total. The summed E-state index contributed by atoms with van der Waals surface area (Å²) in [6.45, 7) is 0. The van der Waals surface area contributed by atoms with Crippen molar-refractivity contribution in [1.29, 1.82) is 0 Å².